The molecule has 0 spiro atoms. The maximum absolute atomic E-state index is 12.9. The van der Waals surface area contributed by atoms with E-state index in [2.05, 4.69) is 5.32 Å². The van der Waals surface area contributed by atoms with Crippen LogP contribution in [0.5, 0.6) is 0 Å². The Labute approximate surface area is 127 Å². The summed E-state index contributed by atoms with van der Waals surface area (Å²) in [6, 6.07) is 3.57. The van der Waals surface area contributed by atoms with Gasteiger partial charge in [0.15, 0.2) is 6.10 Å². The normalized spacial score (nSPS) is 12.6. The minimum atomic E-state index is -1.01. The Balaban J connectivity index is 2.60. The highest BCUT2D eigenvalue weighted by Crippen LogP contribution is 2.22. The molecule has 1 aromatic rings. The fourth-order valence-corrected chi connectivity index (χ4v) is 1.55. The minimum absolute atomic E-state index is 0.0647. The standard InChI is InChI=1S/C15H15ClFNO3/c1-3-4-5-6-14(19)21-10(2)15(20)18-13-8-7-11(17)9-12(13)16/h3-10H,1-2H3,(H,18,20)/b4-3+,6-5+/t10-/m0/s1. The summed E-state index contributed by atoms with van der Waals surface area (Å²) in [6.45, 7) is 3.23. The second-order valence-electron chi connectivity index (χ2n) is 4.08. The molecule has 0 heterocycles. The quantitative estimate of drug-likeness (QED) is 0.514. The van der Waals surface area contributed by atoms with E-state index in [1.807, 2.05) is 0 Å². The third-order valence-corrected chi connectivity index (χ3v) is 2.70. The van der Waals surface area contributed by atoms with E-state index in [1.54, 1.807) is 19.1 Å². The molecular formula is C15H15ClFNO3. The van der Waals surface area contributed by atoms with Crippen LogP contribution in [-0.2, 0) is 14.3 Å². The summed E-state index contributed by atoms with van der Waals surface area (Å²) in [5.74, 6) is -1.70. The molecule has 0 aliphatic rings. The van der Waals surface area contributed by atoms with Gasteiger partial charge in [0.1, 0.15) is 5.82 Å². The summed E-state index contributed by atoms with van der Waals surface area (Å²) in [7, 11) is 0. The number of nitrogens with one attached hydrogen (secondary N) is 1. The first-order chi connectivity index (χ1) is 9.93. The fourth-order valence-electron chi connectivity index (χ4n) is 1.34. The van der Waals surface area contributed by atoms with E-state index in [-0.39, 0.29) is 10.7 Å². The van der Waals surface area contributed by atoms with Crippen LogP contribution in [-0.4, -0.2) is 18.0 Å². The lowest BCUT2D eigenvalue weighted by molar-refractivity contribution is -0.148. The molecule has 0 saturated heterocycles. The first-order valence-electron chi connectivity index (χ1n) is 6.20. The van der Waals surface area contributed by atoms with Crippen LogP contribution < -0.4 is 5.32 Å². The number of allylic oxidation sites excluding steroid dienone is 3. The van der Waals surface area contributed by atoms with Crippen molar-refractivity contribution < 1.29 is 18.7 Å². The topological polar surface area (TPSA) is 55.4 Å². The molecule has 21 heavy (non-hydrogen) atoms. The van der Waals surface area contributed by atoms with Gasteiger partial charge in [0.05, 0.1) is 10.7 Å². The van der Waals surface area contributed by atoms with Crippen molar-refractivity contribution in [3.05, 3.63) is 53.3 Å². The smallest absolute Gasteiger partial charge is 0.331 e. The SMILES string of the molecule is C/C=C/C=C/C(=O)O[C@@H](C)C(=O)Nc1ccc(F)cc1Cl. The number of carbonyl (C=O) groups excluding carboxylic acids is 2. The minimum Gasteiger partial charge on any atom is -0.449 e. The van der Waals surface area contributed by atoms with Gasteiger partial charge in [-0.25, -0.2) is 9.18 Å². The van der Waals surface area contributed by atoms with Crippen molar-refractivity contribution in [1.29, 1.82) is 0 Å². The highest BCUT2D eigenvalue weighted by molar-refractivity contribution is 6.33. The largest absolute Gasteiger partial charge is 0.449 e. The molecule has 0 saturated carbocycles. The highest BCUT2D eigenvalue weighted by atomic mass is 35.5. The molecule has 0 bridgehead atoms. The third kappa shape index (κ3) is 5.79. The van der Waals surface area contributed by atoms with Crippen LogP contribution in [0.3, 0.4) is 0 Å². The van der Waals surface area contributed by atoms with Gasteiger partial charge < -0.3 is 10.1 Å². The molecule has 0 aliphatic carbocycles. The molecular weight excluding hydrogens is 297 g/mol. The number of halogens is 2. The number of rotatable bonds is 5. The van der Waals surface area contributed by atoms with E-state index in [9.17, 15) is 14.0 Å². The van der Waals surface area contributed by atoms with E-state index in [0.29, 0.717) is 0 Å². The van der Waals surface area contributed by atoms with Gasteiger partial charge in [0.2, 0.25) is 0 Å². The van der Waals surface area contributed by atoms with Gasteiger partial charge >= 0.3 is 5.97 Å². The van der Waals surface area contributed by atoms with Crippen LogP contribution in [0.4, 0.5) is 10.1 Å². The Morgan fingerprint density at radius 2 is 2.10 bits per heavy atom. The van der Waals surface area contributed by atoms with Gasteiger partial charge in [-0.05, 0) is 32.0 Å². The average Bonchev–Trinajstić information content (AvgIpc) is 2.42. The number of hydrogen-bond acceptors (Lipinski definition) is 3. The van der Waals surface area contributed by atoms with E-state index in [0.717, 1.165) is 12.1 Å². The number of ether oxygens (including phenoxy) is 1. The number of hydrogen-bond donors (Lipinski definition) is 1. The number of esters is 1. The summed E-state index contributed by atoms with van der Waals surface area (Å²) in [4.78, 5) is 23.2. The lowest BCUT2D eigenvalue weighted by Gasteiger charge is -2.13. The Kier molecular flexibility index (Phi) is 6.62. The second-order valence-corrected chi connectivity index (χ2v) is 4.48. The zero-order valence-electron chi connectivity index (χ0n) is 11.6. The molecule has 1 atom stereocenters. The molecule has 0 fully saturated rings. The number of anilines is 1. The molecule has 6 heteroatoms. The van der Waals surface area contributed by atoms with Crippen molar-refractivity contribution in [2.75, 3.05) is 5.32 Å². The van der Waals surface area contributed by atoms with Crippen molar-refractivity contribution in [3.63, 3.8) is 0 Å². The monoisotopic (exact) mass is 311 g/mol. The van der Waals surface area contributed by atoms with Crippen molar-refractivity contribution in [2.45, 2.75) is 20.0 Å². The fraction of sp³-hybridized carbons (Fsp3) is 0.200. The lowest BCUT2D eigenvalue weighted by Crippen LogP contribution is -2.29. The summed E-state index contributed by atoms with van der Waals surface area (Å²) >= 11 is 5.79. The molecule has 112 valence electrons. The van der Waals surface area contributed by atoms with Crippen molar-refractivity contribution in [3.8, 4) is 0 Å². The maximum Gasteiger partial charge on any atom is 0.331 e. The van der Waals surface area contributed by atoms with Crippen molar-refractivity contribution in [1.82, 2.24) is 0 Å². The highest BCUT2D eigenvalue weighted by Gasteiger charge is 2.17. The van der Waals surface area contributed by atoms with Crippen LogP contribution in [0.15, 0.2) is 42.5 Å². The zero-order valence-corrected chi connectivity index (χ0v) is 12.4. The molecule has 0 radical (unpaired) electrons. The lowest BCUT2D eigenvalue weighted by atomic mass is 10.3. The van der Waals surface area contributed by atoms with Crippen molar-refractivity contribution in [2.24, 2.45) is 0 Å². The Morgan fingerprint density at radius 3 is 2.71 bits per heavy atom. The zero-order chi connectivity index (χ0) is 15.8. The average molecular weight is 312 g/mol. The van der Waals surface area contributed by atoms with Gasteiger partial charge in [-0.15, -0.1) is 0 Å². The summed E-state index contributed by atoms with van der Waals surface area (Å²) < 4.78 is 17.8. The van der Waals surface area contributed by atoms with Crippen LogP contribution >= 0.6 is 11.6 Å². The molecule has 1 aromatic carbocycles. The second kappa shape index (κ2) is 8.21. The van der Waals surface area contributed by atoms with Gasteiger partial charge in [-0.2, -0.15) is 0 Å². The van der Waals surface area contributed by atoms with Gasteiger partial charge in [0, 0.05) is 6.08 Å². The van der Waals surface area contributed by atoms with Gasteiger partial charge in [0.25, 0.3) is 5.91 Å². The predicted octanol–water partition coefficient (Wildman–Crippen LogP) is 3.48. The van der Waals surface area contributed by atoms with Gasteiger partial charge in [-0.1, -0.05) is 29.8 Å². The molecule has 0 unspecified atom stereocenters. The summed E-state index contributed by atoms with van der Waals surface area (Å²) in [5.41, 5.74) is 0.246. The molecule has 1 amide bonds. The van der Waals surface area contributed by atoms with Gasteiger partial charge in [-0.3, -0.25) is 4.79 Å². The molecule has 0 aliphatic heterocycles. The Bertz CT molecular complexity index is 584. The number of amides is 1. The first-order valence-corrected chi connectivity index (χ1v) is 6.57. The molecule has 4 nitrogen and oxygen atoms in total. The first kappa shape index (κ1) is 16.9. The van der Waals surface area contributed by atoms with E-state index < -0.39 is 23.8 Å². The van der Waals surface area contributed by atoms with E-state index >= 15 is 0 Å². The summed E-state index contributed by atoms with van der Waals surface area (Å²) in [5, 5.41) is 2.52. The molecule has 0 aromatic heterocycles. The molecule has 1 rings (SSSR count). The Hall–Kier alpha value is -2.14. The maximum atomic E-state index is 12.9. The van der Waals surface area contributed by atoms with E-state index in [1.165, 1.54) is 25.1 Å². The van der Waals surface area contributed by atoms with E-state index in [4.69, 9.17) is 16.3 Å². The summed E-state index contributed by atoms with van der Waals surface area (Å²) in [6.07, 6.45) is 5.10. The third-order valence-electron chi connectivity index (χ3n) is 2.39. The van der Waals surface area contributed by atoms with Crippen LogP contribution in [0, 0.1) is 5.82 Å². The Morgan fingerprint density at radius 1 is 1.38 bits per heavy atom. The van der Waals surface area contributed by atoms with Crippen LogP contribution in [0.2, 0.25) is 5.02 Å². The number of benzene rings is 1. The number of carbonyl (C=O) groups is 2. The van der Waals surface area contributed by atoms with Crippen LogP contribution in [0.1, 0.15) is 13.8 Å². The van der Waals surface area contributed by atoms with Crippen molar-refractivity contribution >= 4 is 29.2 Å². The molecule has 1 N–H and O–H groups in total. The van der Waals surface area contributed by atoms with Crippen LogP contribution in [0.25, 0.3) is 0 Å². The predicted molar refractivity (Wildman–Crippen MR) is 79.5 cm³/mol.